The first-order chi connectivity index (χ1) is 7.15. The van der Waals surface area contributed by atoms with Gasteiger partial charge in [-0.2, -0.15) is 13.2 Å². The molecular formula is C8H14F3NO4. The van der Waals surface area contributed by atoms with Gasteiger partial charge in [0, 0.05) is 13.1 Å². The molecule has 0 rings (SSSR count). The Labute approximate surface area is 90.2 Å². The molecule has 0 spiro atoms. The molecule has 1 unspecified atom stereocenters. The smallest absolute Gasteiger partial charge is 0.411 e. The van der Waals surface area contributed by atoms with Gasteiger partial charge in [-0.05, 0) is 6.92 Å². The van der Waals surface area contributed by atoms with E-state index in [-0.39, 0.29) is 19.7 Å². The average molecular weight is 245 g/mol. The molecule has 0 aromatic rings. The fraction of sp³-hybridized carbons (Fsp3) is 0.875. The van der Waals surface area contributed by atoms with Gasteiger partial charge in [0.2, 0.25) is 0 Å². The number of ether oxygens (including phenoxy) is 1. The van der Waals surface area contributed by atoms with E-state index in [0.29, 0.717) is 0 Å². The Hall–Kier alpha value is -0.860. The molecule has 0 heterocycles. The molecule has 0 aromatic carbocycles. The highest BCUT2D eigenvalue weighted by molar-refractivity contribution is 5.76. The minimum absolute atomic E-state index is 0.0273. The maximum atomic E-state index is 11.6. The lowest BCUT2D eigenvalue weighted by Crippen LogP contribution is -2.45. The molecule has 0 saturated carbocycles. The first kappa shape index (κ1) is 15.1. The quantitative estimate of drug-likeness (QED) is 0.550. The van der Waals surface area contributed by atoms with Crippen molar-refractivity contribution >= 4 is 5.97 Å². The van der Waals surface area contributed by atoms with Crippen molar-refractivity contribution in [3.05, 3.63) is 0 Å². The maximum Gasteiger partial charge on any atom is 0.411 e. The van der Waals surface area contributed by atoms with Gasteiger partial charge in [0.1, 0.15) is 6.61 Å². The Morgan fingerprint density at radius 1 is 1.44 bits per heavy atom. The Balaban J connectivity index is 3.52. The standard InChI is InChI=1S/C8H14F3NO4/c1-7(15,6(13)14)4-12-2-3-16-5-8(9,10)11/h12,15H,2-5H2,1H3,(H,13,14). The van der Waals surface area contributed by atoms with E-state index < -0.39 is 24.4 Å². The van der Waals surface area contributed by atoms with Crippen LogP contribution in [-0.2, 0) is 9.53 Å². The summed E-state index contributed by atoms with van der Waals surface area (Å²) < 4.78 is 39.0. The number of carboxylic acids is 1. The number of carboxylic acid groups (broad SMARTS) is 1. The Kier molecular flexibility index (Phi) is 5.70. The van der Waals surface area contributed by atoms with Crippen molar-refractivity contribution in [1.82, 2.24) is 5.32 Å². The number of carbonyl (C=O) groups is 1. The van der Waals surface area contributed by atoms with Crippen molar-refractivity contribution in [1.29, 1.82) is 0 Å². The monoisotopic (exact) mass is 245 g/mol. The van der Waals surface area contributed by atoms with Crippen LogP contribution in [0.1, 0.15) is 6.92 Å². The SMILES string of the molecule is CC(O)(CNCCOCC(F)(F)F)C(=O)O. The van der Waals surface area contributed by atoms with Crippen LogP contribution in [-0.4, -0.2) is 54.3 Å². The number of rotatable bonds is 7. The molecule has 0 aliphatic carbocycles. The third-order valence-corrected chi connectivity index (χ3v) is 1.62. The predicted molar refractivity (Wildman–Crippen MR) is 48.0 cm³/mol. The summed E-state index contributed by atoms with van der Waals surface area (Å²) in [5.74, 6) is -1.41. The largest absolute Gasteiger partial charge is 0.479 e. The number of hydrogen-bond acceptors (Lipinski definition) is 4. The second-order valence-electron chi connectivity index (χ2n) is 3.42. The summed E-state index contributed by atoms with van der Waals surface area (Å²) in [4.78, 5) is 10.4. The van der Waals surface area contributed by atoms with E-state index in [0.717, 1.165) is 6.92 Å². The fourth-order valence-corrected chi connectivity index (χ4v) is 0.740. The van der Waals surface area contributed by atoms with Gasteiger partial charge in [-0.25, -0.2) is 4.79 Å². The normalized spacial score (nSPS) is 15.8. The third kappa shape index (κ3) is 7.43. The van der Waals surface area contributed by atoms with E-state index in [1.165, 1.54) is 0 Å². The zero-order chi connectivity index (χ0) is 12.8. The van der Waals surface area contributed by atoms with Crippen LogP contribution < -0.4 is 5.32 Å². The topological polar surface area (TPSA) is 78.8 Å². The molecule has 1 atom stereocenters. The van der Waals surface area contributed by atoms with Crippen LogP contribution in [0, 0.1) is 0 Å². The van der Waals surface area contributed by atoms with Crippen molar-refractivity contribution in [3.63, 3.8) is 0 Å². The summed E-state index contributed by atoms with van der Waals surface area (Å²) in [5.41, 5.74) is -1.94. The van der Waals surface area contributed by atoms with Gasteiger partial charge in [-0.15, -0.1) is 0 Å². The molecule has 0 aliphatic heterocycles. The predicted octanol–water partition coefficient (Wildman–Crippen LogP) is -0.00950. The van der Waals surface area contributed by atoms with Crippen LogP contribution in [0.15, 0.2) is 0 Å². The van der Waals surface area contributed by atoms with Crippen LogP contribution in [0.3, 0.4) is 0 Å². The highest BCUT2D eigenvalue weighted by Gasteiger charge is 2.29. The Morgan fingerprint density at radius 2 is 2.00 bits per heavy atom. The van der Waals surface area contributed by atoms with E-state index in [1.807, 2.05) is 0 Å². The van der Waals surface area contributed by atoms with Crippen LogP contribution in [0.5, 0.6) is 0 Å². The Morgan fingerprint density at radius 3 is 2.44 bits per heavy atom. The lowest BCUT2D eigenvalue weighted by molar-refractivity contribution is -0.173. The second-order valence-corrected chi connectivity index (χ2v) is 3.42. The molecule has 8 heteroatoms. The van der Waals surface area contributed by atoms with E-state index in [9.17, 15) is 23.1 Å². The number of aliphatic carboxylic acids is 1. The average Bonchev–Trinajstić information content (AvgIpc) is 2.09. The second kappa shape index (κ2) is 6.02. The number of alkyl halides is 3. The van der Waals surface area contributed by atoms with Crippen molar-refractivity contribution in [2.75, 3.05) is 26.3 Å². The number of nitrogens with one attached hydrogen (secondary N) is 1. The van der Waals surface area contributed by atoms with E-state index in [4.69, 9.17) is 5.11 Å². The minimum Gasteiger partial charge on any atom is -0.479 e. The maximum absolute atomic E-state index is 11.6. The van der Waals surface area contributed by atoms with Crippen LogP contribution in [0.4, 0.5) is 13.2 Å². The van der Waals surface area contributed by atoms with Crippen molar-refractivity contribution in [3.8, 4) is 0 Å². The summed E-state index contributed by atoms with van der Waals surface area (Å²) in [5, 5.41) is 20.1. The fourth-order valence-electron chi connectivity index (χ4n) is 0.740. The first-order valence-electron chi connectivity index (χ1n) is 4.46. The highest BCUT2D eigenvalue weighted by Crippen LogP contribution is 2.13. The molecule has 16 heavy (non-hydrogen) atoms. The van der Waals surface area contributed by atoms with Gasteiger partial charge in [-0.1, -0.05) is 0 Å². The van der Waals surface area contributed by atoms with E-state index >= 15 is 0 Å². The molecule has 5 nitrogen and oxygen atoms in total. The summed E-state index contributed by atoms with van der Waals surface area (Å²) in [6.45, 7) is -0.713. The van der Waals surface area contributed by atoms with Crippen LogP contribution >= 0.6 is 0 Å². The molecule has 0 fully saturated rings. The van der Waals surface area contributed by atoms with Gasteiger partial charge in [-0.3, -0.25) is 0 Å². The summed E-state index contributed by atoms with van der Waals surface area (Å²) in [7, 11) is 0. The zero-order valence-corrected chi connectivity index (χ0v) is 8.67. The highest BCUT2D eigenvalue weighted by atomic mass is 19.4. The molecule has 0 aliphatic rings. The summed E-state index contributed by atoms with van der Waals surface area (Å²) in [6.07, 6.45) is -4.37. The van der Waals surface area contributed by atoms with E-state index in [2.05, 4.69) is 10.1 Å². The first-order valence-corrected chi connectivity index (χ1v) is 4.46. The van der Waals surface area contributed by atoms with Crippen molar-refractivity contribution in [2.24, 2.45) is 0 Å². The molecule has 0 amide bonds. The van der Waals surface area contributed by atoms with Crippen LogP contribution in [0.2, 0.25) is 0 Å². The molecule has 0 saturated heterocycles. The summed E-state index contributed by atoms with van der Waals surface area (Å²) in [6, 6.07) is 0. The molecule has 96 valence electrons. The lowest BCUT2D eigenvalue weighted by Gasteiger charge is -2.18. The molecule has 0 aromatic heterocycles. The number of hydrogen-bond donors (Lipinski definition) is 3. The molecule has 3 N–H and O–H groups in total. The lowest BCUT2D eigenvalue weighted by atomic mass is 10.1. The zero-order valence-electron chi connectivity index (χ0n) is 8.67. The van der Waals surface area contributed by atoms with Gasteiger partial charge in [0.05, 0.1) is 6.61 Å². The van der Waals surface area contributed by atoms with Gasteiger partial charge in [0.15, 0.2) is 5.60 Å². The number of halogens is 3. The third-order valence-electron chi connectivity index (χ3n) is 1.62. The van der Waals surface area contributed by atoms with Crippen molar-refractivity contribution < 1.29 is 32.9 Å². The molecular weight excluding hydrogens is 231 g/mol. The van der Waals surface area contributed by atoms with Gasteiger partial charge >= 0.3 is 12.1 Å². The van der Waals surface area contributed by atoms with E-state index in [1.54, 1.807) is 0 Å². The molecule has 0 bridgehead atoms. The Bertz CT molecular complexity index is 230. The number of aliphatic hydroxyl groups is 1. The molecule has 0 radical (unpaired) electrons. The van der Waals surface area contributed by atoms with Crippen molar-refractivity contribution in [2.45, 2.75) is 18.7 Å². The van der Waals surface area contributed by atoms with Crippen LogP contribution in [0.25, 0.3) is 0 Å². The minimum atomic E-state index is -4.37. The summed E-state index contributed by atoms with van der Waals surface area (Å²) >= 11 is 0. The van der Waals surface area contributed by atoms with Gasteiger partial charge in [0.25, 0.3) is 0 Å². The van der Waals surface area contributed by atoms with Gasteiger partial charge < -0.3 is 20.3 Å².